The molecule has 0 aliphatic carbocycles. The van der Waals surface area contributed by atoms with Crippen molar-refractivity contribution in [2.75, 3.05) is 10.8 Å². The first kappa shape index (κ1) is 34.3. The molecule has 1 N–H and O–H groups in total. The number of carbonyl (C=O) groups excluding carboxylic acids is 2. The van der Waals surface area contributed by atoms with Crippen LogP contribution >= 0.6 is 34.8 Å². The molecule has 0 radical (unpaired) electrons. The van der Waals surface area contributed by atoms with Crippen molar-refractivity contribution in [1.82, 2.24) is 10.2 Å². The Kier molecular flexibility index (Phi) is 11.9. The number of anilines is 1. The molecule has 45 heavy (non-hydrogen) atoms. The molecule has 4 aromatic carbocycles. The molecule has 0 fully saturated rings. The number of carbonyl (C=O) groups is 2. The van der Waals surface area contributed by atoms with Crippen molar-refractivity contribution in [3.63, 3.8) is 0 Å². The van der Waals surface area contributed by atoms with Crippen LogP contribution in [0.3, 0.4) is 0 Å². The number of hydrogen-bond acceptors (Lipinski definition) is 4. The van der Waals surface area contributed by atoms with E-state index in [9.17, 15) is 18.0 Å². The molecule has 2 atom stereocenters. The second kappa shape index (κ2) is 15.6. The molecule has 4 rings (SSSR count). The van der Waals surface area contributed by atoms with Crippen molar-refractivity contribution >= 4 is 62.3 Å². The minimum absolute atomic E-state index is 0.00662. The normalized spacial score (nSPS) is 12.6. The number of benzene rings is 4. The highest BCUT2D eigenvalue weighted by molar-refractivity contribution is 7.92. The van der Waals surface area contributed by atoms with Gasteiger partial charge in [0.2, 0.25) is 11.8 Å². The van der Waals surface area contributed by atoms with Gasteiger partial charge in [-0.1, -0.05) is 102 Å². The molecule has 7 nitrogen and oxygen atoms in total. The first-order valence-corrected chi connectivity index (χ1v) is 17.0. The second-order valence-electron chi connectivity index (χ2n) is 10.6. The number of nitrogens with one attached hydrogen (secondary N) is 1. The van der Waals surface area contributed by atoms with Gasteiger partial charge in [0.15, 0.2) is 0 Å². The van der Waals surface area contributed by atoms with Gasteiger partial charge in [-0.05, 0) is 66.9 Å². The maximum absolute atomic E-state index is 14.5. The molecule has 0 saturated carbocycles. The summed E-state index contributed by atoms with van der Waals surface area (Å²) in [6.45, 7) is 3.18. The third-order valence-electron chi connectivity index (χ3n) is 7.30. The average molecular weight is 687 g/mol. The van der Waals surface area contributed by atoms with Gasteiger partial charge >= 0.3 is 0 Å². The fourth-order valence-corrected chi connectivity index (χ4v) is 6.83. The van der Waals surface area contributed by atoms with E-state index in [-0.39, 0.29) is 45.5 Å². The monoisotopic (exact) mass is 685 g/mol. The van der Waals surface area contributed by atoms with Crippen LogP contribution in [0.1, 0.15) is 31.4 Å². The van der Waals surface area contributed by atoms with Crippen LogP contribution in [0, 0.1) is 0 Å². The fraction of sp³-hybridized carbons (Fsp3) is 0.235. The smallest absolute Gasteiger partial charge is 0.264 e. The molecule has 0 aliphatic rings. The molecule has 2 amide bonds. The lowest BCUT2D eigenvalue weighted by Crippen LogP contribution is -2.54. The number of nitrogens with zero attached hydrogens (tertiary/aromatic N) is 2. The van der Waals surface area contributed by atoms with Crippen molar-refractivity contribution in [2.24, 2.45) is 0 Å². The number of hydrogen-bond donors (Lipinski definition) is 1. The molecule has 0 heterocycles. The van der Waals surface area contributed by atoms with Gasteiger partial charge in [0.25, 0.3) is 10.0 Å². The summed E-state index contributed by atoms with van der Waals surface area (Å²) in [5.74, 6) is -0.979. The number of halogens is 3. The Balaban J connectivity index is 1.83. The van der Waals surface area contributed by atoms with Crippen molar-refractivity contribution in [3.05, 3.63) is 129 Å². The highest BCUT2D eigenvalue weighted by atomic mass is 35.5. The van der Waals surface area contributed by atoms with Crippen molar-refractivity contribution in [3.8, 4) is 0 Å². The molecule has 0 aromatic heterocycles. The van der Waals surface area contributed by atoms with Crippen molar-refractivity contribution in [1.29, 1.82) is 0 Å². The molecule has 0 spiro atoms. The van der Waals surface area contributed by atoms with Crippen LogP contribution in [0.15, 0.2) is 108 Å². The van der Waals surface area contributed by atoms with Gasteiger partial charge < -0.3 is 10.2 Å². The summed E-state index contributed by atoms with van der Waals surface area (Å²) in [6.07, 6.45) is 0.876. The summed E-state index contributed by atoms with van der Waals surface area (Å²) in [4.78, 5) is 29.8. The number of rotatable bonds is 13. The standard InChI is InChI=1S/C34H34Cl3N3O4S/c1-3-24(2)38-34(42)32(20-25-11-6-4-7-12-25)39(22-26-13-10-14-27(35)19-26)33(41)23-40(31-21-28(36)17-18-30(31)37)45(43,44)29-15-8-5-9-16-29/h4-19,21,24,32H,3,20,22-23H2,1-2H3,(H,38,42)/t24-,32+/m1/s1. The lowest BCUT2D eigenvalue weighted by Gasteiger charge is -2.34. The lowest BCUT2D eigenvalue weighted by atomic mass is 10.0. The summed E-state index contributed by atoms with van der Waals surface area (Å²) < 4.78 is 29.1. The predicted molar refractivity (Wildman–Crippen MR) is 181 cm³/mol. The average Bonchev–Trinajstić information content (AvgIpc) is 3.03. The first-order valence-electron chi connectivity index (χ1n) is 14.4. The maximum Gasteiger partial charge on any atom is 0.264 e. The van der Waals surface area contributed by atoms with Gasteiger partial charge in [0, 0.05) is 29.1 Å². The topological polar surface area (TPSA) is 86.8 Å². The van der Waals surface area contributed by atoms with E-state index in [4.69, 9.17) is 34.8 Å². The maximum atomic E-state index is 14.5. The van der Waals surface area contributed by atoms with Crippen LogP contribution in [0.2, 0.25) is 15.1 Å². The molecule has 0 aliphatic heterocycles. The molecule has 0 unspecified atom stereocenters. The Morgan fingerprint density at radius 1 is 0.800 bits per heavy atom. The highest BCUT2D eigenvalue weighted by Gasteiger charge is 2.35. The summed E-state index contributed by atoms with van der Waals surface area (Å²) in [7, 11) is -4.31. The predicted octanol–water partition coefficient (Wildman–Crippen LogP) is 7.40. The molecule has 0 bridgehead atoms. The molecule has 11 heteroatoms. The minimum Gasteiger partial charge on any atom is -0.352 e. The Morgan fingerprint density at radius 3 is 2.07 bits per heavy atom. The van der Waals surface area contributed by atoms with E-state index in [0.29, 0.717) is 17.0 Å². The Hall–Kier alpha value is -3.56. The van der Waals surface area contributed by atoms with Gasteiger partial charge in [-0.3, -0.25) is 13.9 Å². The van der Waals surface area contributed by atoms with Crippen LogP contribution in [-0.2, 0) is 32.6 Å². The quantitative estimate of drug-likeness (QED) is 0.159. The van der Waals surface area contributed by atoms with E-state index in [0.717, 1.165) is 9.87 Å². The Labute approximate surface area is 279 Å². The molecular weight excluding hydrogens is 653 g/mol. The fourth-order valence-electron chi connectivity index (χ4n) is 4.74. The summed E-state index contributed by atoms with van der Waals surface area (Å²) >= 11 is 19.1. The van der Waals surface area contributed by atoms with Crippen LogP contribution in [0.5, 0.6) is 0 Å². The Bertz CT molecular complexity index is 1720. The van der Waals surface area contributed by atoms with Gasteiger partial charge in [-0.2, -0.15) is 0 Å². The summed E-state index contributed by atoms with van der Waals surface area (Å²) in [5.41, 5.74) is 1.54. The van der Waals surface area contributed by atoms with Crippen LogP contribution in [-0.4, -0.2) is 43.8 Å². The second-order valence-corrected chi connectivity index (χ2v) is 13.7. The zero-order chi connectivity index (χ0) is 32.6. The van der Waals surface area contributed by atoms with Crippen molar-refractivity contribution in [2.45, 2.75) is 50.2 Å². The SMILES string of the molecule is CC[C@@H](C)NC(=O)[C@H](Cc1ccccc1)N(Cc1cccc(Cl)c1)C(=O)CN(c1cc(Cl)ccc1Cl)S(=O)(=O)c1ccccc1. The third-order valence-corrected chi connectivity index (χ3v) is 9.86. The molecule has 0 saturated heterocycles. The van der Waals surface area contributed by atoms with Crippen LogP contribution in [0.25, 0.3) is 0 Å². The van der Waals surface area contributed by atoms with E-state index in [1.54, 1.807) is 42.5 Å². The number of sulfonamides is 1. The van der Waals surface area contributed by atoms with E-state index in [1.165, 1.54) is 35.2 Å². The van der Waals surface area contributed by atoms with E-state index in [1.807, 2.05) is 44.2 Å². The van der Waals surface area contributed by atoms with Crippen molar-refractivity contribution < 1.29 is 18.0 Å². The van der Waals surface area contributed by atoms with Gasteiger partial charge in [-0.15, -0.1) is 0 Å². The van der Waals surface area contributed by atoms with Gasteiger partial charge in [0.1, 0.15) is 12.6 Å². The minimum atomic E-state index is -4.31. The van der Waals surface area contributed by atoms with E-state index >= 15 is 0 Å². The zero-order valence-corrected chi connectivity index (χ0v) is 28.0. The highest BCUT2D eigenvalue weighted by Crippen LogP contribution is 2.33. The molecular formula is C34H34Cl3N3O4S. The van der Waals surface area contributed by atoms with Crippen LogP contribution in [0.4, 0.5) is 5.69 Å². The zero-order valence-electron chi connectivity index (χ0n) is 24.9. The summed E-state index contributed by atoms with van der Waals surface area (Å²) in [6, 6.07) is 27.3. The van der Waals surface area contributed by atoms with Crippen LogP contribution < -0.4 is 9.62 Å². The first-order chi connectivity index (χ1) is 21.5. The summed E-state index contributed by atoms with van der Waals surface area (Å²) in [5, 5.41) is 3.79. The number of amides is 2. The van der Waals surface area contributed by atoms with E-state index in [2.05, 4.69) is 5.32 Å². The third kappa shape index (κ3) is 9.01. The molecule has 236 valence electrons. The van der Waals surface area contributed by atoms with Gasteiger partial charge in [0.05, 0.1) is 15.6 Å². The largest absolute Gasteiger partial charge is 0.352 e. The molecule has 4 aromatic rings. The van der Waals surface area contributed by atoms with Gasteiger partial charge in [-0.25, -0.2) is 8.42 Å². The lowest BCUT2D eigenvalue weighted by molar-refractivity contribution is -0.140. The van der Waals surface area contributed by atoms with E-state index < -0.39 is 28.5 Å². The Morgan fingerprint density at radius 2 is 1.42 bits per heavy atom.